The lowest BCUT2D eigenvalue weighted by Crippen LogP contribution is -2.30. The molecule has 0 saturated carbocycles. The van der Waals surface area contributed by atoms with Crippen LogP contribution in [0.25, 0.3) is 0 Å². The Bertz CT molecular complexity index is 397. The van der Waals surface area contributed by atoms with Crippen molar-refractivity contribution in [3.05, 3.63) is 11.1 Å². The van der Waals surface area contributed by atoms with Crippen LogP contribution in [0.4, 0.5) is 5.13 Å². The summed E-state index contributed by atoms with van der Waals surface area (Å²) in [5.41, 5.74) is 6.06. The highest BCUT2D eigenvalue weighted by Crippen LogP contribution is 2.11. The number of rotatable bonds is 4. The van der Waals surface area contributed by atoms with Crippen LogP contribution in [0.3, 0.4) is 0 Å². The Hall–Kier alpha value is -0.660. The van der Waals surface area contributed by atoms with E-state index in [4.69, 9.17) is 5.73 Å². The molecule has 80 valence electrons. The topological polar surface area (TPSA) is 85.1 Å². The summed E-state index contributed by atoms with van der Waals surface area (Å²) in [5.74, 6) is 0. The lowest BCUT2D eigenvalue weighted by Gasteiger charge is -2.07. The van der Waals surface area contributed by atoms with Crippen molar-refractivity contribution in [1.29, 1.82) is 0 Å². The third kappa shape index (κ3) is 2.93. The first-order valence-corrected chi connectivity index (χ1v) is 6.53. The van der Waals surface area contributed by atoms with Crippen molar-refractivity contribution >= 4 is 26.5 Å². The summed E-state index contributed by atoms with van der Waals surface area (Å²) < 4.78 is 25.1. The molecule has 7 heteroatoms. The quantitative estimate of drug-likeness (QED) is 0.798. The predicted molar refractivity (Wildman–Crippen MR) is 57.4 cm³/mol. The molecule has 1 aromatic rings. The lowest BCUT2D eigenvalue weighted by molar-refractivity contribution is 0.571. The summed E-state index contributed by atoms with van der Waals surface area (Å²) in [6.07, 6.45) is 0. The van der Waals surface area contributed by atoms with Crippen molar-refractivity contribution in [2.45, 2.75) is 25.6 Å². The van der Waals surface area contributed by atoms with Gasteiger partial charge in [0, 0.05) is 5.38 Å². The van der Waals surface area contributed by atoms with Gasteiger partial charge in [-0.3, -0.25) is 0 Å². The maximum absolute atomic E-state index is 11.3. The molecule has 1 rings (SSSR count). The Morgan fingerprint density at radius 1 is 1.64 bits per heavy atom. The Morgan fingerprint density at radius 3 is 2.71 bits per heavy atom. The normalized spacial score (nSPS) is 12.2. The minimum atomic E-state index is -3.21. The van der Waals surface area contributed by atoms with Gasteiger partial charge in [-0.1, -0.05) is 0 Å². The average molecular weight is 235 g/mol. The molecule has 1 aromatic heterocycles. The Kier molecular flexibility index (Phi) is 3.46. The minimum absolute atomic E-state index is 0.203. The smallest absolute Gasteiger partial charge is 0.214 e. The van der Waals surface area contributed by atoms with Gasteiger partial charge in [0.25, 0.3) is 0 Å². The summed E-state index contributed by atoms with van der Waals surface area (Å²) in [6.45, 7) is 3.45. The highest BCUT2D eigenvalue weighted by molar-refractivity contribution is 7.90. The van der Waals surface area contributed by atoms with Gasteiger partial charge in [-0.25, -0.2) is 18.1 Å². The van der Waals surface area contributed by atoms with E-state index in [9.17, 15) is 8.42 Å². The van der Waals surface area contributed by atoms with Crippen molar-refractivity contribution in [1.82, 2.24) is 9.71 Å². The van der Waals surface area contributed by atoms with E-state index in [1.807, 2.05) is 0 Å². The van der Waals surface area contributed by atoms with E-state index in [0.29, 0.717) is 10.8 Å². The van der Waals surface area contributed by atoms with Crippen molar-refractivity contribution in [3.8, 4) is 0 Å². The van der Waals surface area contributed by atoms with Crippen LogP contribution in [0.1, 0.15) is 19.5 Å². The number of nitrogens with two attached hydrogens (primary N) is 1. The Balaban J connectivity index is 2.57. The van der Waals surface area contributed by atoms with Crippen molar-refractivity contribution in [3.63, 3.8) is 0 Å². The van der Waals surface area contributed by atoms with Crippen LogP contribution in [0.15, 0.2) is 5.38 Å². The Morgan fingerprint density at radius 2 is 2.29 bits per heavy atom. The summed E-state index contributed by atoms with van der Waals surface area (Å²) in [4.78, 5) is 3.94. The molecule has 0 unspecified atom stereocenters. The molecule has 0 bridgehead atoms. The van der Waals surface area contributed by atoms with E-state index in [1.165, 1.54) is 11.3 Å². The second kappa shape index (κ2) is 4.24. The average Bonchev–Trinajstić information content (AvgIpc) is 2.48. The number of nitrogen functional groups attached to an aromatic ring is 1. The van der Waals surface area contributed by atoms with E-state index in [-0.39, 0.29) is 6.54 Å². The largest absolute Gasteiger partial charge is 0.375 e. The first-order valence-electron chi connectivity index (χ1n) is 4.10. The summed E-state index contributed by atoms with van der Waals surface area (Å²) in [7, 11) is -3.21. The third-order valence-electron chi connectivity index (χ3n) is 1.64. The van der Waals surface area contributed by atoms with Gasteiger partial charge in [0.2, 0.25) is 10.0 Å². The van der Waals surface area contributed by atoms with E-state index >= 15 is 0 Å². The maximum atomic E-state index is 11.3. The van der Waals surface area contributed by atoms with Crippen LogP contribution < -0.4 is 10.5 Å². The summed E-state index contributed by atoms with van der Waals surface area (Å²) in [5, 5.41) is 1.75. The van der Waals surface area contributed by atoms with Gasteiger partial charge in [-0.15, -0.1) is 11.3 Å². The molecule has 0 atom stereocenters. The standard InChI is InChI=1S/C7H13N3O2S2/c1-5(2)14(11,12)9-3-6-4-13-7(8)10-6/h4-5,9H,3H2,1-2H3,(H2,8,10). The summed E-state index contributed by atoms with van der Waals surface area (Å²) in [6, 6.07) is 0. The van der Waals surface area contributed by atoms with E-state index in [1.54, 1.807) is 19.2 Å². The number of sulfonamides is 1. The van der Waals surface area contributed by atoms with Gasteiger partial charge in [-0.05, 0) is 13.8 Å². The van der Waals surface area contributed by atoms with Gasteiger partial charge >= 0.3 is 0 Å². The highest BCUT2D eigenvalue weighted by atomic mass is 32.2. The molecule has 0 amide bonds. The van der Waals surface area contributed by atoms with Gasteiger partial charge < -0.3 is 5.73 Å². The molecule has 3 N–H and O–H groups in total. The molecule has 0 radical (unpaired) electrons. The molecule has 0 aliphatic carbocycles. The number of nitrogens with zero attached hydrogens (tertiary/aromatic N) is 1. The molecule has 0 saturated heterocycles. The number of hydrogen-bond acceptors (Lipinski definition) is 5. The molecule has 5 nitrogen and oxygen atoms in total. The molecule has 0 aliphatic heterocycles. The Labute approximate surface area is 87.4 Å². The number of nitrogens with one attached hydrogen (secondary N) is 1. The highest BCUT2D eigenvalue weighted by Gasteiger charge is 2.15. The SMILES string of the molecule is CC(C)S(=O)(=O)NCc1csc(N)n1. The van der Waals surface area contributed by atoms with E-state index in [2.05, 4.69) is 9.71 Å². The molecule has 0 aromatic carbocycles. The van der Waals surface area contributed by atoms with Crippen LogP contribution in [0.2, 0.25) is 0 Å². The lowest BCUT2D eigenvalue weighted by atomic mass is 10.5. The molecular formula is C7H13N3O2S2. The zero-order valence-electron chi connectivity index (χ0n) is 8.02. The number of anilines is 1. The number of hydrogen-bond donors (Lipinski definition) is 2. The van der Waals surface area contributed by atoms with Crippen LogP contribution in [0.5, 0.6) is 0 Å². The fourth-order valence-corrected chi connectivity index (χ4v) is 1.99. The zero-order valence-corrected chi connectivity index (χ0v) is 9.65. The summed E-state index contributed by atoms with van der Waals surface area (Å²) >= 11 is 1.30. The molecule has 14 heavy (non-hydrogen) atoms. The minimum Gasteiger partial charge on any atom is -0.375 e. The van der Waals surface area contributed by atoms with Crippen molar-refractivity contribution in [2.75, 3.05) is 5.73 Å². The molecular weight excluding hydrogens is 222 g/mol. The van der Waals surface area contributed by atoms with Gasteiger partial charge in [-0.2, -0.15) is 0 Å². The van der Waals surface area contributed by atoms with Crippen molar-refractivity contribution < 1.29 is 8.42 Å². The van der Waals surface area contributed by atoms with Crippen LogP contribution in [-0.2, 0) is 16.6 Å². The van der Waals surface area contributed by atoms with Crippen LogP contribution >= 0.6 is 11.3 Å². The van der Waals surface area contributed by atoms with Crippen molar-refractivity contribution in [2.24, 2.45) is 0 Å². The molecule has 0 aliphatic rings. The maximum Gasteiger partial charge on any atom is 0.214 e. The number of aromatic nitrogens is 1. The predicted octanol–water partition coefficient (Wildman–Crippen LogP) is 0.553. The fraction of sp³-hybridized carbons (Fsp3) is 0.571. The number of thiazole rings is 1. The van der Waals surface area contributed by atoms with E-state index < -0.39 is 15.3 Å². The van der Waals surface area contributed by atoms with Crippen LogP contribution in [0, 0.1) is 0 Å². The van der Waals surface area contributed by atoms with E-state index in [0.717, 1.165) is 0 Å². The third-order valence-corrected chi connectivity index (χ3v) is 4.16. The second-order valence-corrected chi connectivity index (χ2v) is 6.30. The fourth-order valence-electron chi connectivity index (χ4n) is 0.745. The van der Waals surface area contributed by atoms with Gasteiger partial charge in [0.1, 0.15) is 0 Å². The van der Waals surface area contributed by atoms with Gasteiger partial charge in [0.15, 0.2) is 5.13 Å². The first kappa shape index (κ1) is 11.4. The van der Waals surface area contributed by atoms with Gasteiger partial charge in [0.05, 0.1) is 17.5 Å². The molecule has 0 spiro atoms. The molecule has 1 heterocycles. The zero-order chi connectivity index (χ0) is 10.8. The van der Waals surface area contributed by atoms with Crippen LogP contribution in [-0.4, -0.2) is 18.7 Å². The molecule has 0 fully saturated rings. The first-order chi connectivity index (χ1) is 6.42. The second-order valence-electron chi connectivity index (χ2n) is 3.09. The monoisotopic (exact) mass is 235 g/mol.